The second kappa shape index (κ2) is 8.45. The molecular weight excluding hydrogens is 318 g/mol. The Kier molecular flexibility index (Phi) is 6.04. The van der Waals surface area contributed by atoms with Crippen LogP contribution in [-0.2, 0) is 14.3 Å². The highest BCUT2D eigenvalue weighted by Crippen LogP contribution is 2.24. The first-order valence-corrected chi connectivity index (χ1v) is 9.16. The number of ether oxygens (including phenoxy) is 1. The summed E-state index contributed by atoms with van der Waals surface area (Å²) in [7, 11) is 0. The zero-order valence-corrected chi connectivity index (χ0v) is 14.8. The van der Waals surface area contributed by atoms with Gasteiger partial charge >= 0.3 is 0 Å². The van der Waals surface area contributed by atoms with Crippen LogP contribution in [0.2, 0.25) is 0 Å². The monoisotopic (exact) mass is 345 g/mol. The molecule has 3 rings (SSSR count). The fourth-order valence-corrected chi connectivity index (χ4v) is 3.44. The van der Waals surface area contributed by atoms with Crippen molar-refractivity contribution in [2.75, 3.05) is 39.3 Å². The number of benzene rings is 1. The Morgan fingerprint density at radius 3 is 2.60 bits per heavy atom. The maximum Gasteiger partial charge on any atom is 0.254 e. The van der Waals surface area contributed by atoms with Crippen molar-refractivity contribution in [3.05, 3.63) is 35.9 Å². The Bertz CT molecular complexity index is 585. The van der Waals surface area contributed by atoms with Gasteiger partial charge in [0.15, 0.2) is 6.10 Å². The lowest BCUT2D eigenvalue weighted by molar-refractivity contribution is -0.156. The fourth-order valence-electron chi connectivity index (χ4n) is 3.44. The molecular formula is C19H27N3O3. The molecule has 0 aromatic heterocycles. The van der Waals surface area contributed by atoms with E-state index in [1.807, 2.05) is 35.2 Å². The van der Waals surface area contributed by atoms with Gasteiger partial charge in [-0.25, -0.2) is 0 Å². The highest BCUT2D eigenvalue weighted by atomic mass is 16.5. The van der Waals surface area contributed by atoms with E-state index in [2.05, 4.69) is 17.1 Å². The molecule has 2 heterocycles. The number of hydrogen-bond donors (Lipinski definition) is 1. The van der Waals surface area contributed by atoms with E-state index in [0.29, 0.717) is 0 Å². The predicted molar refractivity (Wildman–Crippen MR) is 95.0 cm³/mol. The number of unbranched alkanes of at least 4 members (excludes halogenated alkanes) is 1. The molecule has 0 aliphatic carbocycles. The van der Waals surface area contributed by atoms with E-state index >= 15 is 0 Å². The molecule has 0 saturated carbocycles. The van der Waals surface area contributed by atoms with Gasteiger partial charge in [0.1, 0.15) is 6.61 Å². The minimum Gasteiger partial charge on any atom is -0.356 e. The van der Waals surface area contributed by atoms with Crippen LogP contribution in [0.5, 0.6) is 0 Å². The van der Waals surface area contributed by atoms with Gasteiger partial charge in [0.2, 0.25) is 5.91 Å². The Balaban J connectivity index is 1.65. The molecule has 2 aliphatic rings. The Morgan fingerprint density at radius 1 is 1.20 bits per heavy atom. The van der Waals surface area contributed by atoms with Crippen molar-refractivity contribution < 1.29 is 14.3 Å². The van der Waals surface area contributed by atoms with Crippen LogP contribution in [0.3, 0.4) is 0 Å². The van der Waals surface area contributed by atoms with Gasteiger partial charge in [-0.15, -0.1) is 0 Å². The van der Waals surface area contributed by atoms with E-state index in [-0.39, 0.29) is 18.4 Å². The highest BCUT2D eigenvalue weighted by Gasteiger charge is 2.38. The van der Waals surface area contributed by atoms with E-state index in [0.717, 1.165) is 38.3 Å². The third kappa shape index (κ3) is 4.38. The van der Waals surface area contributed by atoms with Crippen molar-refractivity contribution in [2.24, 2.45) is 0 Å². The summed E-state index contributed by atoms with van der Waals surface area (Å²) in [6.45, 7) is 6.48. The molecule has 2 aliphatic heterocycles. The molecule has 1 aromatic rings. The van der Waals surface area contributed by atoms with E-state index in [1.54, 1.807) is 0 Å². The minimum absolute atomic E-state index is 0.0241. The third-order valence-electron chi connectivity index (χ3n) is 4.93. The smallest absolute Gasteiger partial charge is 0.254 e. The molecule has 2 atom stereocenters. The van der Waals surface area contributed by atoms with Gasteiger partial charge in [-0.3, -0.25) is 14.5 Å². The summed E-state index contributed by atoms with van der Waals surface area (Å²) in [5.74, 6) is -0.203. The molecule has 25 heavy (non-hydrogen) atoms. The molecule has 0 unspecified atom stereocenters. The first kappa shape index (κ1) is 17.9. The lowest BCUT2D eigenvalue weighted by atomic mass is 9.98. The number of nitrogens with one attached hydrogen (secondary N) is 1. The Labute approximate surface area is 149 Å². The molecule has 2 fully saturated rings. The number of hydrogen-bond acceptors (Lipinski definition) is 4. The summed E-state index contributed by atoms with van der Waals surface area (Å²) >= 11 is 0. The summed E-state index contributed by atoms with van der Waals surface area (Å²) < 4.78 is 5.65. The van der Waals surface area contributed by atoms with Gasteiger partial charge in [-0.05, 0) is 18.5 Å². The predicted octanol–water partition coefficient (Wildman–Crippen LogP) is 1.19. The van der Waals surface area contributed by atoms with Crippen molar-refractivity contribution in [3.63, 3.8) is 0 Å². The maximum atomic E-state index is 13.0. The molecule has 0 radical (unpaired) electrons. The van der Waals surface area contributed by atoms with E-state index in [4.69, 9.17) is 4.74 Å². The molecule has 0 bridgehead atoms. The van der Waals surface area contributed by atoms with Crippen LogP contribution in [0, 0.1) is 0 Å². The lowest BCUT2D eigenvalue weighted by Gasteiger charge is -2.39. The van der Waals surface area contributed by atoms with Gasteiger partial charge in [-0.1, -0.05) is 43.7 Å². The van der Waals surface area contributed by atoms with Crippen molar-refractivity contribution in [1.29, 1.82) is 0 Å². The number of nitrogens with zero attached hydrogens (tertiary/aromatic N) is 2. The first-order valence-electron chi connectivity index (χ1n) is 9.16. The molecule has 0 spiro atoms. The van der Waals surface area contributed by atoms with Crippen LogP contribution in [-0.4, -0.2) is 67.0 Å². The summed E-state index contributed by atoms with van der Waals surface area (Å²) in [6, 6.07) is 9.15. The van der Waals surface area contributed by atoms with Crippen molar-refractivity contribution >= 4 is 11.8 Å². The highest BCUT2D eigenvalue weighted by molar-refractivity contribution is 5.86. The maximum absolute atomic E-state index is 13.0. The number of rotatable bonds is 5. The van der Waals surface area contributed by atoms with E-state index in [9.17, 15) is 9.59 Å². The second-order valence-electron chi connectivity index (χ2n) is 6.71. The minimum atomic E-state index is -0.651. The standard InChI is InChI=1S/C19H27N3O3/c1-2-3-9-21-10-12-22(13-11-21)19(24)18-17(20-16(23)14-25-18)15-7-5-4-6-8-15/h4-8,17-18H,2-3,9-14H2,1H3,(H,20,23)/t17-,18+/m1/s1. The van der Waals surface area contributed by atoms with E-state index in [1.165, 1.54) is 12.8 Å². The number of morpholine rings is 1. The molecule has 1 aromatic carbocycles. The summed E-state index contributed by atoms with van der Waals surface area (Å²) in [5, 5.41) is 2.92. The zero-order valence-electron chi connectivity index (χ0n) is 14.8. The zero-order chi connectivity index (χ0) is 17.6. The Hall–Kier alpha value is -1.92. The van der Waals surface area contributed by atoms with Gasteiger partial charge in [-0.2, -0.15) is 0 Å². The summed E-state index contributed by atoms with van der Waals surface area (Å²) in [5.41, 5.74) is 0.899. The number of carbonyl (C=O) groups is 2. The van der Waals surface area contributed by atoms with Crippen LogP contribution < -0.4 is 5.32 Å². The van der Waals surface area contributed by atoms with Crippen LogP contribution in [0.15, 0.2) is 30.3 Å². The third-order valence-corrected chi connectivity index (χ3v) is 4.93. The van der Waals surface area contributed by atoms with E-state index < -0.39 is 12.1 Å². The lowest BCUT2D eigenvalue weighted by Crippen LogP contribution is -2.57. The van der Waals surface area contributed by atoms with Crippen LogP contribution in [0.25, 0.3) is 0 Å². The van der Waals surface area contributed by atoms with Gasteiger partial charge < -0.3 is 15.0 Å². The van der Waals surface area contributed by atoms with Crippen molar-refractivity contribution in [1.82, 2.24) is 15.1 Å². The van der Waals surface area contributed by atoms with Crippen molar-refractivity contribution in [3.8, 4) is 0 Å². The SMILES string of the molecule is CCCCN1CCN(C(=O)[C@H]2OCC(=O)N[C@@H]2c2ccccc2)CC1. The topological polar surface area (TPSA) is 61.9 Å². The fraction of sp³-hybridized carbons (Fsp3) is 0.579. The molecule has 2 saturated heterocycles. The first-order chi connectivity index (χ1) is 12.2. The summed E-state index contributed by atoms with van der Waals surface area (Å²) in [4.78, 5) is 29.0. The van der Waals surface area contributed by atoms with Gasteiger partial charge in [0, 0.05) is 26.2 Å². The quantitative estimate of drug-likeness (QED) is 0.871. The second-order valence-corrected chi connectivity index (χ2v) is 6.71. The van der Waals surface area contributed by atoms with Crippen LogP contribution in [0.1, 0.15) is 31.4 Å². The van der Waals surface area contributed by atoms with Gasteiger partial charge in [0.25, 0.3) is 5.91 Å². The number of carbonyl (C=O) groups excluding carboxylic acids is 2. The average Bonchev–Trinajstić information content (AvgIpc) is 2.67. The normalized spacial score (nSPS) is 24.8. The molecule has 6 heteroatoms. The Morgan fingerprint density at radius 2 is 1.92 bits per heavy atom. The molecule has 136 valence electrons. The van der Waals surface area contributed by atoms with Crippen LogP contribution in [0.4, 0.5) is 0 Å². The summed E-state index contributed by atoms with van der Waals surface area (Å²) in [6.07, 6.45) is 1.73. The largest absolute Gasteiger partial charge is 0.356 e. The van der Waals surface area contributed by atoms with Crippen LogP contribution >= 0.6 is 0 Å². The average molecular weight is 345 g/mol. The molecule has 2 amide bonds. The van der Waals surface area contributed by atoms with Gasteiger partial charge in [0.05, 0.1) is 6.04 Å². The molecule has 6 nitrogen and oxygen atoms in total. The number of piperazine rings is 1. The van der Waals surface area contributed by atoms with Crippen molar-refractivity contribution in [2.45, 2.75) is 31.9 Å². The number of amides is 2. The molecule has 1 N–H and O–H groups in total.